The van der Waals surface area contributed by atoms with E-state index in [-0.39, 0.29) is 17.6 Å². The molecule has 7 nitrogen and oxygen atoms in total. The largest absolute Gasteiger partial charge is 0.369 e. The number of fused-ring (bicyclic) bond motifs is 1. The molecule has 0 saturated carbocycles. The lowest BCUT2D eigenvalue weighted by Crippen LogP contribution is -2.18. The van der Waals surface area contributed by atoms with Crippen molar-refractivity contribution in [2.75, 3.05) is 5.75 Å². The third-order valence-corrected chi connectivity index (χ3v) is 4.59. The number of primary amides is 1. The van der Waals surface area contributed by atoms with Crippen molar-refractivity contribution >= 4 is 21.7 Å². The molecule has 26 heavy (non-hydrogen) atoms. The maximum absolute atomic E-state index is 11.2. The van der Waals surface area contributed by atoms with Crippen molar-refractivity contribution in [3.63, 3.8) is 0 Å². The zero-order valence-corrected chi connectivity index (χ0v) is 15.3. The molecule has 1 aromatic carbocycles. The molecule has 0 aliphatic rings. The molecule has 0 spiro atoms. The second kappa shape index (κ2) is 8.11. The Labute approximate surface area is 152 Å². The summed E-state index contributed by atoms with van der Waals surface area (Å²) in [5.41, 5.74) is 9.08. The maximum Gasteiger partial charge on any atom is 0.264 e. The fraction of sp³-hybridized carbons (Fsp3) is 0.222. The molecule has 0 fully saturated rings. The summed E-state index contributed by atoms with van der Waals surface area (Å²) in [6.07, 6.45) is 3.96. The molecule has 2 heterocycles. The van der Waals surface area contributed by atoms with Crippen molar-refractivity contribution in [1.82, 2.24) is 9.38 Å². The molecule has 3 rings (SSSR count). The van der Waals surface area contributed by atoms with Crippen LogP contribution >= 0.6 is 0 Å². The lowest BCUT2D eigenvalue weighted by molar-refractivity contribution is -0.119. The lowest BCUT2D eigenvalue weighted by Gasteiger charge is -2.07. The zero-order chi connectivity index (χ0) is 19.3. The van der Waals surface area contributed by atoms with Gasteiger partial charge in [-0.1, -0.05) is 30.3 Å². The minimum Gasteiger partial charge on any atom is -0.369 e. The molecule has 8 heteroatoms. The van der Waals surface area contributed by atoms with E-state index < -0.39 is 10.1 Å². The highest BCUT2D eigenvalue weighted by atomic mass is 32.2. The predicted octanol–water partition coefficient (Wildman–Crippen LogP) is 2.48. The molecule has 2 aromatic heterocycles. The first-order valence-corrected chi connectivity index (χ1v) is 9.60. The van der Waals surface area contributed by atoms with Gasteiger partial charge in [-0.2, -0.15) is 8.42 Å². The van der Waals surface area contributed by atoms with Crippen LogP contribution in [-0.4, -0.2) is 34.0 Å². The van der Waals surface area contributed by atoms with Crippen molar-refractivity contribution < 1.29 is 17.8 Å². The molecule has 0 aliphatic carbocycles. The Morgan fingerprint density at radius 2 is 1.85 bits per heavy atom. The van der Waals surface area contributed by atoms with Crippen LogP contribution in [0.25, 0.3) is 16.9 Å². The highest BCUT2D eigenvalue weighted by Gasteiger charge is 2.11. The van der Waals surface area contributed by atoms with Crippen LogP contribution in [-0.2, 0) is 14.9 Å². The normalized spacial score (nSPS) is 12.3. The first-order chi connectivity index (χ1) is 12.2. The highest BCUT2D eigenvalue weighted by molar-refractivity contribution is 7.85. The number of carbonyl (C=O) groups excluding carboxylic acids is 1. The topological polar surface area (TPSA) is 115 Å². The number of pyridine rings is 1. The van der Waals surface area contributed by atoms with Gasteiger partial charge in [-0.05, 0) is 31.5 Å². The summed E-state index contributed by atoms with van der Waals surface area (Å²) in [7, 11) is -3.66. The number of nitrogens with two attached hydrogens (primary N) is 1. The van der Waals surface area contributed by atoms with Crippen molar-refractivity contribution in [2.24, 2.45) is 5.73 Å². The lowest BCUT2D eigenvalue weighted by atomic mass is 9.99. The van der Waals surface area contributed by atoms with Gasteiger partial charge < -0.3 is 10.1 Å². The van der Waals surface area contributed by atoms with E-state index in [0.29, 0.717) is 0 Å². The van der Waals surface area contributed by atoms with E-state index in [9.17, 15) is 13.2 Å². The van der Waals surface area contributed by atoms with E-state index in [1.807, 2.05) is 66.2 Å². The Balaban J connectivity index is 0.000000352. The zero-order valence-electron chi connectivity index (χ0n) is 14.5. The highest BCUT2D eigenvalue weighted by Crippen LogP contribution is 2.22. The summed E-state index contributed by atoms with van der Waals surface area (Å²) in [6.45, 7) is 3.18. The average molecular weight is 375 g/mol. The number of hydrogen-bond acceptors (Lipinski definition) is 4. The number of imidazole rings is 1. The summed E-state index contributed by atoms with van der Waals surface area (Å²) in [4.78, 5) is 15.7. The quantitative estimate of drug-likeness (QED) is 0.680. The summed E-state index contributed by atoms with van der Waals surface area (Å²) < 4.78 is 28.9. The fourth-order valence-corrected chi connectivity index (χ4v) is 2.18. The average Bonchev–Trinajstić information content (AvgIpc) is 3.05. The van der Waals surface area contributed by atoms with Crippen LogP contribution in [0.1, 0.15) is 25.3 Å². The summed E-state index contributed by atoms with van der Waals surface area (Å²) in [5.74, 6) is -0.789. The minimum absolute atomic E-state index is 0.201. The summed E-state index contributed by atoms with van der Waals surface area (Å²) >= 11 is 0. The Kier molecular flexibility index (Phi) is 6.12. The summed E-state index contributed by atoms with van der Waals surface area (Å²) in [5, 5.41) is 0. The van der Waals surface area contributed by atoms with Gasteiger partial charge in [0.15, 0.2) is 0 Å². The van der Waals surface area contributed by atoms with Gasteiger partial charge in [0.25, 0.3) is 10.1 Å². The molecule has 0 radical (unpaired) electrons. The third-order valence-electron chi connectivity index (χ3n) is 3.86. The van der Waals surface area contributed by atoms with Crippen LogP contribution < -0.4 is 5.73 Å². The first kappa shape index (κ1) is 19.6. The second-order valence-electron chi connectivity index (χ2n) is 5.71. The molecule has 0 saturated heterocycles. The summed E-state index contributed by atoms with van der Waals surface area (Å²) in [6, 6.07) is 13.7. The van der Waals surface area contributed by atoms with Gasteiger partial charge in [0.2, 0.25) is 5.91 Å². The molecule has 3 N–H and O–H groups in total. The number of hydrogen-bond donors (Lipinski definition) is 2. The SMILES string of the molecule is CC(C(N)=O)c1ccc(-c2cn3ccccc3n2)cc1.CCS(=O)(=O)O. The number of rotatable bonds is 4. The van der Waals surface area contributed by atoms with Gasteiger partial charge in [-0.3, -0.25) is 9.35 Å². The molecule has 138 valence electrons. The van der Waals surface area contributed by atoms with Crippen LogP contribution in [0.15, 0.2) is 54.9 Å². The smallest absolute Gasteiger partial charge is 0.264 e. The molecule has 0 bridgehead atoms. The van der Waals surface area contributed by atoms with Crippen LogP contribution in [0.2, 0.25) is 0 Å². The number of benzene rings is 1. The molecule has 1 atom stereocenters. The van der Waals surface area contributed by atoms with Gasteiger partial charge >= 0.3 is 0 Å². The molecular weight excluding hydrogens is 354 g/mol. The van der Waals surface area contributed by atoms with E-state index in [1.54, 1.807) is 0 Å². The number of aromatic nitrogens is 2. The Hall–Kier alpha value is -2.71. The number of nitrogens with zero attached hydrogens (tertiary/aromatic N) is 2. The Bertz CT molecular complexity index is 962. The van der Waals surface area contributed by atoms with Gasteiger partial charge in [0, 0.05) is 18.0 Å². The molecule has 0 aliphatic heterocycles. The van der Waals surface area contributed by atoms with Crippen molar-refractivity contribution in [1.29, 1.82) is 0 Å². The molecule has 1 amide bonds. The minimum atomic E-state index is -3.66. The molecule has 1 unspecified atom stereocenters. The van der Waals surface area contributed by atoms with Crippen molar-refractivity contribution in [3.05, 3.63) is 60.4 Å². The van der Waals surface area contributed by atoms with E-state index >= 15 is 0 Å². The van der Waals surface area contributed by atoms with E-state index in [4.69, 9.17) is 10.3 Å². The van der Waals surface area contributed by atoms with Crippen LogP contribution in [0.5, 0.6) is 0 Å². The Morgan fingerprint density at radius 3 is 2.35 bits per heavy atom. The Morgan fingerprint density at radius 1 is 1.23 bits per heavy atom. The van der Waals surface area contributed by atoms with Crippen molar-refractivity contribution in [2.45, 2.75) is 19.8 Å². The van der Waals surface area contributed by atoms with Gasteiger partial charge in [-0.25, -0.2) is 4.98 Å². The molecular formula is C18H21N3O4S. The monoisotopic (exact) mass is 375 g/mol. The standard InChI is InChI=1S/C16H15N3O.C2H6O3S/c1-11(16(17)20)12-5-7-13(8-6-12)14-10-19-9-3-2-4-15(19)18-14;1-2-6(3,4)5/h2-11H,1H3,(H2,17,20);2H2,1H3,(H,3,4,5). The third kappa shape index (κ3) is 5.14. The second-order valence-corrected chi connectivity index (χ2v) is 7.45. The van der Waals surface area contributed by atoms with Crippen LogP contribution in [0.3, 0.4) is 0 Å². The van der Waals surface area contributed by atoms with Crippen LogP contribution in [0.4, 0.5) is 0 Å². The van der Waals surface area contributed by atoms with Crippen molar-refractivity contribution in [3.8, 4) is 11.3 Å². The number of amides is 1. The van der Waals surface area contributed by atoms with E-state index in [1.165, 1.54) is 6.92 Å². The predicted molar refractivity (Wildman–Crippen MR) is 100 cm³/mol. The van der Waals surface area contributed by atoms with Gasteiger partial charge in [0.1, 0.15) is 5.65 Å². The first-order valence-electron chi connectivity index (χ1n) is 8.00. The van der Waals surface area contributed by atoms with Crippen LogP contribution in [0, 0.1) is 0 Å². The van der Waals surface area contributed by atoms with Gasteiger partial charge in [-0.15, -0.1) is 0 Å². The fourth-order valence-electron chi connectivity index (χ4n) is 2.18. The van der Waals surface area contributed by atoms with E-state index in [2.05, 4.69) is 4.98 Å². The maximum atomic E-state index is 11.2. The molecule has 3 aromatic rings. The number of carbonyl (C=O) groups is 1. The van der Waals surface area contributed by atoms with Gasteiger partial charge in [0.05, 0.1) is 17.4 Å². The van der Waals surface area contributed by atoms with E-state index in [0.717, 1.165) is 22.5 Å².